The number of ether oxygens (including phenoxy) is 1. The van der Waals surface area contributed by atoms with Gasteiger partial charge in [0.25, 0.3) is 0 Å². The molecule has 5 heteroatoms. The summed E-state index contributed by atoms with van der Waals surface area (Å²) in [6, 6.07) is 6.36. The summed E-state index contributed by atoms with van der Waals surface area (Å²) in [6.45, 7) is 2.48. The summed E-state index contributed by atoms with van der Waals surface area (Å²) in [7, 11) is 0. The van der Waals surface area contributed by atoms with Gasteiger partial charge in [0.05, 0.1) is 0 Å². The van der Waals surface area contributed by atoms with Gasteiger partial charge in [-0.1, -0.05) is 15.9 Å². The molecule has 2 aromatic rings. The zero-order chi connectivity index (χ0) is 13.8. The molecule has 3 nitrogen and oxygen atoms in total. The SMILES string of the molecule is Cc1cc(CCN)cnc1Oc1cc(F)cc(Br)c1. The summed E-state index contributed by atoms with van der Waals surface area (Å²) >= 11 is 3.22. The molecule has 19 heavy (non-hydrogen) atoms. The van der Waals surface area contributed by atoms with Gasteiger partial charge in [-0.05, 0) is 43.7 Å². The van der Waals surface area contributed by atoms with Crippen LogP contribution in [0.2, 0.25) is 0 Å². The first-order chi connectivity index (χ1) is 9.08. The molecule has 0 saturated heterocycles. The number of pyridine rings is 1. The van der Waals surface area contributed by atoms with E-state index in [1.165, 1.54) is 12.1 Å². The molecule has 0 aliphatic heterocycles. The second-order valence-corrected chi connectivity index (χ2v) is 5.13. The third kappa shape index (κ3) is 3.75. The van der Waals surface area contributed by atoms with Crippen molar-refractivity contribution in [2.45, 2.75) is 13.3 Å². The van der Waals surface area contributed by atoms with Gasteiger partial charge in [0.1, 0.15) is 11.6 Å². The van der Waals surface area contributed by atoms with Crippen LogP contribution in [0.25, 0.3) is 0 Å². The van der Waals surface area contributed by atoms with Crippen molar-refractivity contribution in [2.24, 2.45) is 5.73 Å². The van der Waals surface area contributed by atoms with Crippen LogP contribution >= 0.6 is 15.9 Å². The van der Waals surface area contributed by atoms with Crippen molar-refractivity contribution >= 4 is 15.9 Å². The molecule has 0 fully saturated rings. The van der Waals surface area contributed by atoms with Crippen molar-refractivity contribution in [1.29, 1.82) is 0 Å². The molecular weight excluding hydrogens is 311 g/mol. The number of nitrogens with zero attached hydrogens (tertiary/aromatic N) is 1. The van der Waals surface area contributed by atoms with Gasteiger partial charge in [0, 0.05) is 22.3 Å². The molecule has 0 amide bonds. The number of aromatic nitrogens is 1. The minimum absolute atomic E-state index is 0.359. The van der Waals surface area contributed by atoms with E-state index in [1.54, 1.807) is 12.3 Å². The fourth-order valence-electron chi connectivity index (χ4n) is 1.73. The second kappa shape index (κ2) is 6.12. The molecule has 0 aliphatic rings. The van der Waals surface area contributed by atoms with Crippen LogP contribution in [-0.2, 0) is 6.42 Å². The maximum atomic E-state index is 13.3. The first-order valence-electron chi connectivity index (χ1n) is 5.88. The fourth-order valence-corrected chi connectivity index (χ4v) is 2.17. The Balaban J connectivity index is 2.23. The van der Waals surface area contributed by atoms with Gasteiger partial charge in [0.2, 0.25) is 5.88 Å². The highest BCUT2D eigenvalue weighted by atomic mass is 79.9. The van der Waals surface area contributed by atoms with Crippen LogP contribution in [0.3, 0.4) is 0 Å². The average molecular weight is 325 g/mol. The molecule has 0 spiro atoms. The lowest BCUT2D eigenvalue weighted by molar-refractivity contribution is 0.453. The van der Waals surface area contributed by atoms with E-state index in [0.29, 0.717) is 22.6 Å². The van der Waals surface area contributed by atoms with Gasteiger partial charge in [-0.15, -0.1) is 0 Å². The average Bonchev–Trinajstić information content (AvgIpc) is 2.32. The smallest absolute Gasteiger partial charge is 0.222 e. The molecule has 0 bridgehead atoms. The molecule has 0 atom stereocenters. The van der Waals surface area contributed by atoms with Gasteiger partial charge < -0.3 is 10.5 Å². The first kappa shape index (κ1) is 14.0. The maximum Gasteiger partial charge on any atom is 0.222 e. The molecule has 1 heterocycles. The van der Waals surface area contributed by atoms with Crippen molar-refractivity contribution in [2.75, 3.05) is 6.54 Å². The lowest BCUT2D eigenvalue weighted by Gasteiger charge is -2.09. The summed E-state index contributed by atoms with van der Waals surface area (Å²) in [5.74, 6) is 0.522. The number of hydrogen-bond donors (Lipinski definition) is 1. The largest absolute Gasteiger partial charge is 0.439 e. The summed E-state index contributed by atoms with van der Waals surface area (Å²) in [6.07, 6.45) is 2.50. The Bertz CT molecular complexity index is 569. The molecule has 0 saturated carbocycles. The molecular formula is C14H14BrFN2O. The van der Waals surface area contributed by atoms with E-state index in [-0.39, 0.29) is 5.82 Å². The number of rotatable bonds is 4. The molecule has 0 aliphatic carbocycles. The molecule has 2 rings (SSSR count). The van der Waals surface area contributed by atoms with Crippen molar-refractivity contribution in [1.82, 2.24) is 4.98 Å². The molecule has 0 radical (unpaired) electrons. The van der Waals surface area contributed by atoms with Crippen molar-refractivity contribution in [3.63, 3.8) is 0 Å². The number of hydrogen-bond acceptors (Lipinski definition) is 3. The third-order valence-corrected chi connectivity index (χ3v) is 3.03. The van der Waals surface area contributed by atoms with Crippen molar-refractivity contribution in [3.8, 4) is 11.6 Å². The van der Waals surface area contributed by atoms with Crippen LogP contribution in [0.1, 0.15) is 11.1 Å². The van der Waals surface area contributed by atoms with E-state index in [9.17, 15) is 4.39 Å². The zero-order valence-corrected chi connectivity index (χ0v) is 12.1. The summed E-state index contributed by atoms with van der Waals surface area (Å²) < 4.78 is 19.5. The predicted octanol–water partition coefficient (Wildman–Crippen LogP) is 3.59. The summed E-state index contributed by atoms with van der Waals surface area (Å²) in [5, 5.41) is 0. The van der Waals surface area contributed by atoms with Crippen LogP contribution in [0.4, 0.5) is 4.39 Å². The van der Waals surface area contributed by atoms with Crippen molar-refractivity contribution < 1.29 is 9.13 Å². The quantitative estimate of drug-likeness (QED) is 0.935. The van der Waals surface area contributed by atoms with E-state index < -0.39 is 0 Å². The summed E-state index contributed by atoms with van der Waals surface area (Å²) in [5.41, 5.74) is 7.46. The molecule has 1 aromatic carbocycles. The van der Waals surface area contributed by atoms with E-state index in [0.717, 1.165) is 17.5 Å². The van der Waals surface area contributed by atoms with Gasteiger partial charge in [-0.2, -0.15) is 0 Å². The van der Waals surface area contributed by atoms with Crippen molar-refractivity contribution in [3.05, 3.63) is 51.9 Å². The van der Waals surface area contributed by atoms with E-state index >= 15 is 0 Å². The van der Waals surface area contributed by atoms with Gasteiger partial charge in [-0.3, -0.25) is 0 Å². The van der Waals surface area contributed by atoms with Crippen LogP contribution in [-0.4, -0.2) is 11.5 Å². The number of halogens is 2. The lowest BCUT2D eigenvalue weighted by Crippen LogP contribution is -2.03. The predicted molar refractivity (Wildman–Crippen MR) is 75.9 cm³/mol. The Morgan fingerprint density at radius 3 is 2.74 bits per heavy atom. The number of aryl methyl sites for hydroxylation is 1. The van der Waals surface area contributed by atoms with Gasteiger partial charge >= 0.3 is 0 Å². The highest BCUT2D eigenvalue weighted by Gasteiger charge is 2.06. The molecule has 0 unspecified atom stereocenters. The molecule has 1 aromatic heterocycles. The van der Waals surface area contributed by atoms with Gasteiger partial charge in [0.15, 0.2) is 0 Å². The standard InChI is InChI=1S/C14H14BrFN2O/c1-9-4-10(2-3-17)8-18-14(9)19-13-6-11(15)5-12(16)7-13/h4-8H,2-3,17H2,1H3. The minimum Gasteiger partial charge on any atom is -0.439 e. The van der Waals surface area contributed by atoms with Crippen LogP contribution < -0.4 is 10.5 Å². The topological polar surface area (TPSA) is 48.1 Å². The maximum absolute atomic E-state index is 13.3. The third-order valence-electron chi connectivity index (χ3n) is 2.57. The monoisotopic (exact) mass is 324 g/mol. The zero-order valence-electron chi connectivity index (χ0n) is 10.5. The fraction of sp³-hybridized carbons (Fsp3) is 0.214. The van der Waals surface area contributed by atoms with Gasteiger partial charge in [-0.25, -0.2) is 9.37 Å². The van der Waals surface area contributed by atoms with Crippen LogP contribution in [0.5, 0.6) is 11.6 Å². The highest BCUT2D eigenvalue weighted by molar-refractivity contribution is 9.10. The highest BCUT2D eigenvalue weighted by Crippen LogP contribution is 2.27. The Morgan fingerprint density at radius 1 is 1.32 bits per heavy atom. The Morgan fingerprint density at radius 2 is 2.11 bits per heavy atom. The lowest BCUT2D eigenvalue weighted by atomic mass is 10.1. The van der Waals surface area contributed by atoms with E-state index in [2.05, 4.69) is 20.9 Å². The second-order valence-electron chi connectivity index (χ2n) is 4.21. The van der Waals surface area contributed by atoms with Crippen LogP contribution in [0, 0.1) is 12.7 Å². The Kier molecular flexibility index (Phi) is 4.50. The Hall–Kier alpha value is -1.46. The molecule has 2 N–H and O–H groups in total. The minimum atomic E-state index is -0.359. The normalized spacial score (nSPS) is 10.5. The van der Waals surface area contributed by atoms with E-state index in [1.807, 2.05) is 13.0 Å². The number of benzene rings is 1. The first-order valence-corrected chi connectivity index (χ1v) is 6.67. The summed E-state index contributed by atoms with van der Waals surface area (Å²) in [4.78, 5) is 4.24. The number of nitrogens with two attached hydrogens (primary N) is 1. The molecule has 100 valence electrons. The van der Waals surface area contributed by atoms with E-state index in [4.69, 9.17) is 10.5 Å². The Labute approximate surface area is 119 Å². The van der Waals surface area contributed by atoms with Crippen LogP contribution in [0.15, 0.2) is 34.9 Å².